The van der Waals surface area contributed by atoms with Gasteiger partial charge >= 0.3 is 0 Å². The van der Waals surface area contributed by atoms with Crippen LogP contribution in [0.1, 0.15) is 61.4 Å². The first-order valence-electron chi connectivity index (χ1n) is 12.3. The van der Waals surface area contributed by atoms with Crippen LogP contribution in [-0.4, -0.2) is 48.3 Å². The molecule has 0 radical (unpaired) electrons. The van der Waals surface area contributed by atoms with Crippen molar-refractivity contribution in [3.8, 4) is 23.5 Å². The van der Waals surface area contributed by atoms with Gasteiger partial charge in [-0.25, -0.2) is 4.98 Å². The number of hydrogen-bond acceptors (Lipinski definition) is 6. The van der Waals surface area contributed by atoms with Crippen LogP contribution in [-0.2, 0) is 4.79 Å². The van der Waals surface area contributed by atoms with E-state index in [-0.39, 0.29) is 36.0 Å². The van der Waals surface area contributed by atoms with E-state index < -0.39 is 5.91 Å². The smallest absolute Gasteiger partial charge is 0.252 e. The van der Waals surface area contributed by atoms with E-state index in [2.05, 4.69) is 29.1 Å². The summed E-state index contributed by atoms with van der Waals surface area (Å²) >= 11 is 0. The molecule has 1 aliphatic heterocycles. The Morgan fingerprint density at radius 1 is 1.26 bits per heavy atom. The first-order valence-corrected chi connectivity index (χ1v) is 12.3. The number of methoxy groups -OCH3 is 1. The van der Waals surface area contributed by atoms with Crippen molar-refractivity contribution in [1.29, 1.82) is 0 Å². The lowest BCUT2D eigenvalue weighted by Crippen LogP contribution is -2.34. The monoisotopic (exact) mass is 479 g/mol. The topological polar surface area (TPSA) is 124 Å². The summed E-state index contributed by atoms with van der Waals surface area (Å²) in [5.41, 5.74) is 6.55. The molecule has 2 atom stereocenters. The molecule has 0 unspecified atom stereocenters. The molecule has 2 aromatic rings. The number of aliphatic hydroxyl groups excluding tert-OH is 1. The predicted molar refractivity (Wildman–Crippen MR) is 132 cm³/mol. The first kappa shape index (κ1) is 24.8. The molecule has 186 valence electrons. The second kappa shape index (κ2) is 11.0. The van der Waals surface area contributed by atoms with E-state index in [0.717, 1.165) is 32.1 Å². The Bertz CT molecular complexity index is 1160. The van der Waals surface area contributed by atoms with Crippen LogP contribution in [0, 0.1) is 29.6 Å². The predicted octanol–water partition coefficient (Wildman–Crippen LogP) is 2.79. The van der Waals surface area contributed by atoms with Crippen LogP contribution in [0.15, 0.2) is 18.3 Å². The second-order valence-corrected chi connectivity index (χ2v) is 9.47. The maximum atomic E-state index is 12.1. The Kier molecular flexibility index (Phi) is 7.76. The number of pyridine rings is 1. The number of carbonyl (C=O) groups is 2. The third kappa shape index (κ3) is 5.51. The Balaban J connectivity index is 1.67. The normalized spacial score (nSPS) is 23.9. The van der Waals surface area contributed by atoms with Crippen LogP contribution < -0.4 is 20.5 Å². The summed E-state index contributed by atoms with van der Waals surface area (Å²) in [5, 5.41) is 13.7. The molecule has 4 rings (SSSR count). The average Bonchev–Trinajstić information content (AvgIpc) is 3.25. The number of primary amides is 1. The number of nitrogens with two attached hydrogens (primary N) is 1. The van der Waals surface area contributed by atoms with E-state index in [9.17, 15) is 14.7 Å². The molecule has 2 amide bonds. The molecule has 1 saturated heterocycles. The quantitative estimate of drug-likeness (QED) is 0.525. The minimum Gasteiger partial charge on any atom is -0.496 e. The summed E-state index contributed by atoms with van der Waals surface area (Å²) in [6.45, 7) is 2.59. The third-order valence-corrected chi connectivity index (χ3v) is 7.24. The summed E-state index contributed by atoms with van der Waals surface area (Å²) < 4.78 is 11.5. The highest BCUT2D eigenvalue weighted by atomic mass is 16.5. The number of carbonyl (C=O) groups excluding carboxylic acids is 2. The Morgan fingerprint density at radius 3 is 2.69 bits per heavy atom. The highest BCUT2D eigenvalue weighted by Crippen LogP contribution is 2.34. The van der Waals surface area contributed by atoms with Gasteiger partial charge in [-0.3, -0.25) is 9.59 Å². The molecular weight excluding hydrogens is 446 g/mol. The molecule has 1 saturated carbocycles. The Morgan fingerprint density at radius 2 is 2.03 bits per heavy atom. The van der Waals surface area contributed by atoms with Crippen molar-refractivity contribution >= 4 is 22.6 Å². The minimum absolute atomic E-state index is 0.0367. The van der Waals surface area contributed by atoms with Crippen LogP contribution in [0.2, 0.25) is 0 Å². The maximum absolute atomic E-state index is 12.1. The average molecular weight is 480 g/mol. The van der Waals surface area contributed by atoms with Crippen molar-refractivity contribution < 1.29 is 24.2 Å². The van der Waals surface area contributed by atoms with Gasteiger partial charge in [0.25, 0.3) is 5.91 Å². The van der Waals surface area contributed by atoms with Crippen LogP contribution in [0.3, 0.4) is 0 Å². The lowest BCUT2D eigenvalue weighted by atomic mass is 9.82. The molecule has 1 aromatic carbocycles. The van der Waals surface area contributed by atoms with Crippen LogP contribution in [0.4, 0.5) is 0 Å². The van der Waals surface area contributed by atoms with Gasteiger partial charge in [-0.2, -0.15) is 0 Å². The summed E-state index contributed by atoms with van der Waals surface area (Å²) in [7, 11) is 1.48. The standard InChI is InChI=1S/C27H33N3O5/c1-3-18-10-25(32)30-23(18)15-35-27-21-12-24(34-2)22(26(28)33)11-20(21)19(13-29-27)9-8-16-4-6-17(14-31)7-5-16/h11-13,16-18,23,31H,3-7,10,14-15H2,1-2H3,(H2,28,33)(H,30,32)/t16-,17+,18-,23-/m1/s1. The van der Waals surface area contributed by atoms with Gasteiger partial charge in [0.1, 0.15) is 12.4 Å². The van der Waals surface area contributed by atoms with Crippen molar-refractivity contribution in [3.63, 3.8) is 0 Å². The molecule has 1 aromatic heterocycles. The number of nitrogens with one attached hydrogen (secondary N) is 1. The zero-order chi connectivity index (χ0) is 24.9. The molecule has 8 nitrogen and oxygen atoms in total. The Hall–Kier alpha value is -3.31. The summed E-state index contributed by atoms with van der Waals surface area (Å²) in [6.07, 6.45) is 6.90. The maximum Gasteiger partial charge on any atom is 0.252 e. The lowest BCUT2D eigenvalue weighted by molar-refractivity contribution is -0.119. The second-order valence-electron chi connectivity index (χ2n) is 9.47. The number of hydrogen-bond donors (Lipinski definition) is 3. The fourth-order valence-corrected chi connectivity index (χ4v) is 5.03. The van der Waals surface area contributed by atoms with Gasteiger partial charge in [0, 0.05) is 35.9 Å². The van der Waals surface area contributed by atoms with Gasteiger partial charge in [0.05, 0.1) is 24.3 Å². The Labute approximate surface area is 205 Å². The highest BCUT2D eigenvalue weighted by Gasteiger charge is 2.31. The molecule has 2 heterocycles. The van der Waals surface area contributed by atoms with E-state index in [0.29, 0.717) is 46.9 Å². The molecule has 35 heavy (non-hydrogen) atoms. The van der Waals surface area contributed by atoms with Gasteiger partial charge in [-0.1, -0.05) is 25.2 Å². The van der Waals surface area contributed by atoms with Gasteiger partial charge < -0.3 is 25.6 Å². The summed E-state index contributed by atoms with van der Waals surface area (Å²) in [5.74, 6) is 7.63. The molecule has 0 bridgehead atoms. The SMILES string of the molecule is CC[C@@H]1CC(=O)N[C@@H]1COc1ncc(C#C[C@H]2CC[C@@H](CO)CC2)c2cc(C(N)=O)c(OC)cc12. The summed E-state index contributed by atoms with van der Waals surface area (Å²) in [6, 6.07) is 3.31. The van der Waals surface area contributed by atoms with Crippen LogP contribution in [0.5, 0.6) is 11.6 Å². The number of amides is 2. The van der Waals surface area contributed by atoms with E-state index in [1.807, 2.05) is 0 Å². The lowest BCUT2D eigenvalue weighted by Gasteiger charge is -2.23. The fraction of sp³-hybridized carbons (Fsp3) is 0.519. The van der Waals surface area contributed by atoms with Crippen molar-refractivity contribution in [2.45, 2.75) is 51.5 Å². The molecule has 2 aliphatic rings. The van der Waals surface area contributed by atoms with Gasteiger partial charge in [0.15, 0.2) is 0 Å². The number of rotatable bonds is 7. The van der Waals surface area contributed by atoms with E-state index in [1.54, 1.807) is 18.3 Å². The van der Waals surface area contributed by atoms with Crippen molar-refractivity contribution in [2.75, 3.05) is 20.3 Å². The van der Waals surface area contributed by atoms with Crippen molar-refractivity contribution in [1.82, 2.24) is 10.3 Å². The van der Waals surface area contributed by atoms with E-state index >= 15 is 0 Å². The minimum atomic E-state index is -0.594. The van der Waals surface area contributed by atoms with Crippen LogP contribution in [0.25, 0.3) is 10.8 Å². The zero-order valence-electron chi connectivity index (χ0n) is 20.3. The zero-order valence-corrected chi connectivity index (χ0v) is 20.3. The summed E-state index contributed by atoms with van der Waals surface area (Å²) in [4.78, 5) is 28.5. The van der Waals surface area contributed by atoms with Crippen molar-refractivity contribution in [2.24, 2.45) is 23.5 Å². The molecule has 0 spiro atoms. The molecule has 8 heteroatoms. The number of aliphatic hydroxyl groups is 1. The highest BCUT2D eigenvalue weighted by molar-refractivity contribution is 6.03. The van der Waals surface area contributed by atoms with Crippen molar-refractivity contribution in [3.05, 3.63) is 29.5 Å². The van der Waals surface area contributed by atoms with Crippen LogP contribution >= 0.6 is 0 Å². The fourth-order valence-electron chi connectivity index (χ4n) is 5.03. The third-order valence-electron chi connectivity index (χ3n) is 7.24. The molecule has 4 N–H and O–H groups in total. The number of nitrogens with zero attached hydrogens (tertiary/aromatic N) is 1. The van der Waals surface area contributed by atoms with Gasteiger partial charge in [-0.05, 0) is 49.7 Å². The largest absolute Gasteiger partial charge is 0.496 e. The van der Waals surface area contributed by atoms with Gasteiger partial charge in [-0.15, -0.1) is 0 Å². The molecule has 2 fully saturated rings. The molecule has 1 aliphatic carbocycles. The first-order chi connectivity index (χ1) is 16.9. The number of fused-ring (bicyclic) bond motifs is 1. The van der Waals surface area contributed by atoms with E-state index in [4.69, 9.17) is 15.2 Å². The number of ether oxygens (including phenoxy) is 2. The van der Waals surface area contributed by atoms with Gasteiger partial charge in [0.2, 0.25) is 11.8 Å². The van der Waals surface area contributed by atoms with E-state index in [1.165, 1.54) is 7.11 Å². The number of aromatic nitrogens is 1. The number of benzene rings is 1. The molecular formula is C27H33N3O5.